The van der Waals surface area contributed by atoms with Gasteiger partial charge in [-0.25, -0.2) is 14.8 Å². The number of benzene rings is 2. The highest BCUT2D eigenvalue weighted by atomic mass is 35.5. The third-order valence-corrected chi connectivity index (χ3v) is 8.90. The van der Waals surface area contributed by atoms with Crippen LogP contribution in [-0.4, -0.2) is 57.5 Å². The van der Waals surface area contributed by atoms with Crippen molar-refractivity contribution in [1.82, 2.24) is 14.9 Å². The second-order valence-electron chi connectivity index (χ2n) is 10.6. The van der Waals surface area contributed by atoms with Gasteiger partial charge in [-0.3, -0.25) is 4.79 Å². The molecule has 9 nitrogen and oxygen atoms in total. The molecule has 5 rings (SSSR count). The summed E-state index contributed by atoms with van der Waals surface area (Å²) in [5.41, 5.74) is 6.67. The van der Waals surface area contributed by atoms with Gasteiger partial charge in [0.15, 0.2) is 5.94 Å². The van der Waals surface area contributed by atoms with Gasteiger partial charge in [0, 0.05) is 47.4 Å². The molecule has 12 heteroatoms. The predicted molar refractivity (Wildman–Crippen MR) is 173 cm³/mol. The van der Waals surface area contributed by atoms with E-state index in [1.54, 1.807) is 67.8 Å². The summed E-state index contributed by atoms with van der Waals surface area (Å²) in [6.45, 7) is 3.70. The number of anilines is 2. The van der Waals surface area contributed by atoms with Crippen molar-refractivity contribution < 1.29 is 14.7 Å². The first-order valence-corrected chi connectivity index (χ1v) is 15.2. The molecular formula is C32H28Cl2N6O3S. The molecule has 3 aromatic rings. The number of nitrogens with one attached hydrogen (secondary N) is 1. The Labute approximate surface area is 269 Å². The fourth-order valence-electron chi connectivity index (χ4n) is 4.63. The van der Waals surface area contributed by atoms with Crippen LogP contribution in [0.2, 0.25) is 10.0 Å². The van der Waals surface area contributed by atoms with E-state index in [1.165, 1.54) is 22.9 Å². The number of carbonyl (C=O) groups is 1. The van der Waals surface area contributed by atoms with E-state index >= 15 is 0 Å². The number of aliphatic hydroxyl groups is 1. The molecule has 0 spiro atoms. The van der Waals surface area contributed by atoms with Crippen LogP contribution >= 0.6 is 35.0 Å². The van der Waals surface area contributed by atoms with E-state index in [2.05, 4.69) is 38.9 Å². The Hall–Kier alpha value is -4.23. The van der Waals surface area contributed by atoms with Gasteiger partial charge in [0.05, 0.1) is 28.7 Å². The zero-order chi connectivity index (χ0) is 31.4. The topological polar surface area (TPSA) is 125 Å². The molecule has 44 heavy (non-hydrogen) atoms. The minimum atomic E-state index is -0.758. The van der Waals surface area contributed by atoms with Crippen LogP contribution in [0.3, 0.4) is 0 Å². The number of halogens is 2. The molecule has 2 aliphatic rings. The van der Waals surface area contributed by atoms with E-state index in [4.69, 9.17) is 28.9 Å². The summed E-state index contributed by atoms with van der Waals surface area (Å²) < 4.78 is 0. The quantitative estimate of drug-likeness (QED) is 0.240. The molecule has 0 bridgehead atoms. The zero-order valence-electron chi connectivity index (χ0n) is 23.9. The fraction of sp³-hybridized carbons (Fsp3) is 0.219. The Kier molecular flexibility index (Phi) is 9.35. The number of hydrogen-bond donors (Lipinski definition) is 3. The molecule has 1 amide bonds. The van der Waals surface area contributed by atoms with E-state index in [1.807, 2.05) is 0 Å². The first-order valence-electron chi connectivity index (χ1n) is 13.6. The van der Waals surface area contributed by atoms with E-state index in [-0.39, 0.29) is 33.1 Å². The lowest BCUT2D eigenvalue weighted by atomic mass is 9.91. The van der Waals surface area contributed by atoms with Gasteiger partial charge in [-0.1, -0.05) is 58.9 Å². The van der Waals surface area contributed by atoms with Crippen molar-refractivity contribution in [3.8, 4) is 11.8 Å². The standard InChI is InChI=1S/C32H28Cl2N6O3S/c1-32(35)11-13-40(14-12-32)26-16-37-27(17-36-26)44-25-8-4-7-23(29(25)34)38-31(43)28-24(19-41)39(2)18-21(30(28)42)10-9-20-5-3-6-22(33)15-20/h3-8,15-18,42H,11-14,35H2,1-2H3,(H,38,43). The van der Waals surface area contributed by atoms with Crippen molar-refractivity contribution in [1.29, 1.82) is 0 Å². The van der Waals surface area contributed by atoms with Crippen LogP contribution in [0, 0.1) is 11.8 Å². The summed E-state index contributed by atoms with van der Waals surface area (Å²) in [6, 6.07) is 12.0. The average Bonchev–Trinajstić information content (AvgIpc) is 2.99. The molecule has 0 atom stereocenters. The monoisotopic (exact) mass is 646 g/mol. The number of amides is 1. The van der Waals surface area contributed by atoms with Crippen molar-refractivity contribution in [3.05, 3.63) is 99.3 Å². The largest absolute Gasteiger partial charge is 0.506 e. The van der Waals surface area contributed by atoms with Gasteiger partial charge in [0.1, 0.15) is 27.9 Å². The van der Waals surface area contributed by atoms with Gasteiger partial charge in [-0.2, -0.15) is 0 Å². The maximum absolute atomic E-state index is 13.5. The van der Waals surface area contributed by atoms with Crippen molar-refractivity contribution in [2.45, 2.75) is 35.2 Å². The highest BCUT2D eigenvalue weighted by molar-refractivity contribution is 7.99. The summed E-state index contributed by atoms with van der Waals surface area (Å²) in [7, 11) is 1.55. The van der Waals surface area contributed by atoms with Gasteiger partial charge in [0.25, 0.3) is 5.91 Å². The van der Waals surface area contributed by atoms with Crippen LogP contribution in [0.5, 0.6) is 0 Å². The van der Waals surface area contributed by atoms with Gasteiger partial charge < -0.3 is 26.0 Å². The van der Waals surface area contributed by atoms with Crippen LogP contribution < -0.4 is 16.0 Å². The Bertz CT molecular complexity index is 1780. The van der Waals surface area contributed by atoms with Crippen molar-refractivity contribution in [2.75, 3.05) is 30.4 Å². The van der Waals surface area contributed by atoms with Gasteiger partial charge >= 0.3 is 0 Å². The van der Waals surface area contributed by atoms with E-state index in [0.29, 0.717) is 20.5 Å². The second kappa shape index (κ2) is 13.2. The number of allylic oxidation sites excluding steroid dienone is 1. The van der Waals surface area contributed by atoms with Crippen LogP contribution in [-0.2, 0) is 9.59 Å². The van der Waals surface area contributed by atoms with Crippen LogP contribution in [0.1, 0.15) is 25.3 Å². The van der Waals surface area contributed by atoms with Crippen molar-refractivity contribution in [2.24, 2.45) is 5.73 Å². The SMILES string of the molecule is CN1C=C(C#Cc2cccc(Cl)c2)C(O)=C(C(=O)Nc2cccc(Sc3cnc(N4CCC(C)(N)CC4)cn3)c2Cl)C1=C=O. The molecule has 3 heterocycles. The number of aliphatic hydroxyl groups excluding tert-OH is 1. The summed E-state index contributed by atoms with van der Waals surface area (Å²) in [5.74, 6) is 7.05. The molecular weight excluding hydrogens is 619 g/mol. The minimum absolute atomic E-state index is 0.135. The maximum Gasteiger partial charge on any atom is 0.262 e. The second-order valence-corrected chi connectivity index (χ2v) is 12.5. The van der Waals surface area contributed by atoms with E-state index in [9.17, 15) is 14.7 Å². The lowest BCUT2D eigenvalue weighted by Crippen LogP contribution is -2.48. The molecule has 1 aromatic heterocycles. The van der Waals surface area contributed by atoms with Crippen LogP contribution in [0.4, 0.5) is 11.5 Å². The highest BCUT2D eigenvalue weighted by Gasteiger charge is 2.30. The molecule has 0 saturated carbocycles. The zero-order valence-corrected chi connectivity index (χ0v) is 26.2. The molecule has 0 radical (unpaired) electrons. The van der Waals surface area contributed by atoms with E-state index in [0.717, 1.165) is 31.7 Å². The third kappa shape index (κ3) is 7.11. The lowest BCUT2D eigenvalue weighted by Gasteiger charge is -2.37. The number of carbonyl (C=O) groups excluding carboxylic acids is 2. The Morgan fingerprint density at radius 2 is 1.86 bits per heavy atom. The molecule has 0 unspecified atom stereocenters. The first kappa shape index (κ1) is 31.2. The summed E-state index contributed by atoms with van der Waals surface area (Å²) in [6.07, 6.45) is 6.60. The summed E-state index contributed by atoms with van der Waals surface area (Å²) in [5, 5.41) is 15.1. The number of nitrogens with zero attached hydrogens (tertiary/aromatic N) is 4. The minimum Gasteiger partial charge on any atom is -0.506 e. The lowest BCUT2D eigenvalue weighted by molar-refractivity contribution is -0.112. The Balaban J connectivity index is 1.34. The number of aromatic nitrogens is 2. The molecule has 1 saturated heterocycles. The van der Waals surface area contributed by atoms with Crippen LogP contribution in [0.25, 0.3) is 0 Å². The fourth-order valence-corrected chi connectivity index (χ4v) is 5.90. The van der Waals surface area contributed by atoms with Crippen molar-refractivity contribution in [3.63, 3.8) is 0 Å². The van der Waals surface area contributed by atoms with E-state index < -0.39 is 11.7 Å². The predicted octanol–water partition coefficient (Wildman–Crippen LogP) is 5.60. The van der Waals surface area contributed by atoms with Gasteiger partial charge in [0.2, 0.25) is 0 Å². The first-order chi connectivity index (χ1) is 21.0. The Morgan fingerprint density at radius 1 is 1.11 bits per heavy atom. The summed E-state index contributed by atoms with van der Waals surface area (Å²) >= 11 is 14.0. The molecule has 4 N–H and O–H groups in total. The number of nitrogens with two attached hydrogens (primary N) is 1. The van der Waals surface area contributed by atoms with Gasteiger partial charge in [-0.15, -0.1) is 0 Å². The number of rotatable bonds is 5. The smallest absolute Gasteiger partial charge is 0.262 e. The van der Waals surface area contributed by atoms with Crippen LogP contribution in [0.15, 0.2) is 93.6 Å². The number of hydrogen-bond acceptors (Lipinski definition) is 9. The molecule has 0 aliphatic carbocycles. The molecule has 2 aliphatic heterocycles. The molecule has 2 aromatic carbocycles. The van der Waals surface area contributed by atoms with Gasteiger partial charge in [-0.05, 0) is 50.1 Å². The number of likely N-dealkylation sites (N-methyl/N-ethyl adjacent to an activating group) is 1. The third-order valence-electron chi connectivity index (χ3n) is 7.16. The molecule has 1 fully saturated rings. The number of piperidine rings is 1. The van der Waals surface area contributed by atoms with Crippen molar-refractivity contribution >= 4 is 58.3 Å². The normalized spacial score (nSPS) is 16.1. The highest BCUT2D eigenvalue weighted by Crippen LogP contribution is 2.37. The average molecular weight is 648 g/mol. The molecule has 224 valence electrons. The Morgan fingerprint density at radius 3 is 2.55 bits per heavy atom. The maximum atomic E-state index is 13.5. The summed E-state index contributed by atoms with van der Waals surface area (Å²) in [4.78, 5) is 38.6.